The van der Waals surface area contributed by atoms with Crippen molar-refractivity contribution in [3.05, 3.63) is 84.4 Å². The number of nitrogens with zero attached hydrogens (tertiary/aromatic N) is 2. The van der Waals surface area contributed by atoms with E-state index in [-0.39, 0.29) is 5.41 Å². The zero-order valence-electron chi connectivity index (χ0n) is 15.8. The smallest absolute Gasteiger partial charge is 0.195 e. The van der Waals surface area contributed by atoms with Gasteiger partial charge < -0.3 is 4.52 Å². The summed E-state index contributed by atoms with van der Waals surface area (Å²) in [6.07, 6.45) is 0. The Morgan fingerprint density at radius 2 is 1.33 bits per heavy atom. The molecule has 0 bridgehead atoms. The van der Waals surface area contributed by atoms with Crippen molar-refractivity contribution in [3.63, 3.8) is 0 Å². The van der Waals surface area contributed by atoms with Gasteiger partial charge in [-0.2, -0.15) is 0 Å². The minimum Gasteiger partial charge on any atom is -0.336 e. The first-order valence-corrected chi connectivity index (χ1v) is 9.13. The molecule has 27 heavy (non-hydrogen) atoms. The van der Waals surface area contributed by atoms with Crippen molar-refractivity contribution in [2.24, 2.45) is 0 Å². The highest BCUT2D eigenvalue weighted by Gasteiger charge is 2.26. The number of hydrogen-bond acceptors (Lipinski definition) is 3. The van der Waals surface area contributed by atoms with Gasteiger partial charge in [-0.3, -0.25) is 0 Å². The second kappa shape index (κ2) is 6.84. The van der Waals surface area contributed by atoms with Crippen LogP contribution >= 0.6 is 0 Å². The average Bonchev–Trinajstić information content (AvgIpc) is 3.17. The molecule has 0 aliphatic carbocycles. The fraction of sp³-hybridized carbons (Fsp3) is 0.167. The molecule has 0 saturated heterocycles. The molecular formula is C24H22N2O. The molecule has 3 nitrogen and oxygen atoms in total. The van der Waals surface area contributed by atoms with Gasteiger partial charge in [0.2, 0.25) is 0 Å². The molecule has 0 atom stereocenters. The molecule has 0 aliphatic heterocycles. The Labute approximate surface area is 159 Å². The van der Waals surface area contributed by atoms with E-state index >= 15 is 0 Å². The van der Waals surface area contributed by atoms with Gasteiger partial charge in [-0.15, -0.1) is 5.10 Å². The normalized spacial score (nSPS) is 11.5. The second-order valence-corrected chi connectivity index (χ2v) is 7.66. The minimum absolute atomic E-state index is 0.0486. The fourth-order valence-electron chi connectivity index (χ4n) is 3.42. The third-order valence-corrected chi connectivity index (χ3v) is 4.72. The van der Waals surface area contributed by atoms with E-state index in [1.807, 2.05) is 36.4 Å². The summed E-state index contributed by atoms with van der Waals surface area (Å²) in [5.74, 6) is 0.699. The average molecular weight is 354 g/mol. The lowest BCUT2D eigenvalue weighted by atomic mass is 9.79. The van der Waals surface area contributed by atoms with Crippen LogP contribution in [-0.2, 0) is 5.41 Å². The van der Waals surface area contributed by atoms with Gasteiger partial charge >= 0.3 is 0 Å². The highest BCUT2D eigenvalue weighted by atomic mass is 16.5. The first-order valence-electron chi connectivity index (χ1n) is 9.13. The number of aromatic nitrogens is 2. The molecule has 0 aliphatic rings. The van der Waals surface area contributed by atoms with E-state index in [2.05, 4.69) is 73.6 Å². The maximum atomic E-state index is 5.60. The van der Waals surface area contributed by atoms with Crippen molar-refractivity contribution in [1.82, 2.24) is 10.4 Å². The van der Waals surface area contributed by atoms with E-state index < -0.39 is 0 Å². The monoisotopic (exact) mass is 354 g/mol. The van der Waals surface area contributed by atoms with Crippen molar-refractivity contribution < 1.29 is 4.52 Å². The van der Waals surface area contributed by atoms with Gasteiger partial charge in [-0.05, 0) is 22.1 Å². The fourth-order valence-corrected chi connectivity index (χ4v) is 3.42. The molecule has 134 valence electrons. The standard InChI is InChI=1S/C24H22N2O/c1-24(2,3)20-16-10-15-19(17-11-6-4-7-12-17)21(20)22-23(27-26-25-22)18-13-8-5-9-14-18/h4-16H,1-3H3. The van der Waals surface area contributed by atoms with Gasteiger partial charge in [0.05, 0.1) is 0 Å². The van der Waals surface area contributed by atoms with Crippen molar-refractivity contribution in [2.75, 3.05) is 0 Å². The first kappa shape index (κ1) is 17.2. The van der Waals surface area contributed by atoms with E-state index in [1.165, 1.54) is 5.56 Å². The predicted octanol–water partition coefficient (Wildman–Crippen LogP) is 6.37. The molecule has 0 spiro atoms. The van der Waals surface area contributed by atoms with E-state index in [0.29, 0.717) is 5.76 Å². The number of hydrogen-bond donors (Lipinski definition) is 0. The summed E-state index contributed by atoms with van der Waals surface area (Å²) in [5, 5.41) is 8.31. The SMILES string of the molecule is CC(C)(C)c1cccc(-c2ccccc2)c1-c1nnoc1-c1ccccc1. The summed E-state index contributed by atoms with van der Waals surface area (Å²) < 4.78 is 5.60. The van der Waals surface area contributed by atoms with Crippen LogP contribution < -0.4 is 0 Å². The van der Waals surface area contributed by atoms with Crippen molar-refractivity contribution in [3.8, 4) is 33.7 Å². The summed E-state index contributed by atoms with van der Waals surface area (Å²) >= 11 is 0. The predicted molar refractivity (Wildman–Crippen MR) is 109 cm³/mol. The highest BCUT2D eigenvalue weighted by Crippen LogP contribution is 2.42. The molecule has 0 N–H and O–H groups in total. The summed E-state index contributed by atoms with van der Waals surface area (Å²) in [7, 11) is 0. The molecule has 0 unspecified atom stereocenters. The Kier molecular flexibility index (Phi) is 4.36. The van der Waals surface area contributed by atoms with Crippen LogP contribution in [0.15, 0.2) is 83.4 Å². The maximum Gasteiger partial charge on any atom is 0.195 e. The van der Waals surface area contributed by atoms with E-state index in [9.17, 15) is 0 Å². The molecule has 0 radical (unpaired) electrons. The topological polar surface area (TPSA) is 38.9 Å². The van der Waals surface area contributed by atoms with Gasteiger partial charge in [0, 0.05) is 16.4 Å². The van der Waals surface area contributed by atoms with Gasteiger partial charge in [0.1, 0.15) is 5.69 Å². The van der Waals surface area contributed by atoms with Crippen LogP contribution in [0, 0.1) is 0 Å². The lowest BCUT2D eigenvalue weighted by molar-refractivity contribution is 0.403. The van der Waals surface area contributed by atoms with Crippen LogP contribution in [0.1, 0.15) is 26.3 Å². The largest absolute Gasteiger partial charge is 0.336 e. The molecule has 0 fully saturated rings. The van der Waals surface area contributed by atoms with Crippen LogP contribution in [0.25, 0.3) is 33.7 Å². The van der Waals surface area contributed by atoms with E-state index in [0.717, 1.165) is 27.9 Å². The zero-order chi connectivity index (χ0) is 18.9. The molecule has 0 amide bonds. The van der Waals surface area contributed by atoms with Gasteiger partial charge in [0.25, 0.3) is 0 Å². The van der Waals surface area contributed by atoms with Gasteiger partial charge in [-0.25, -0.2) is 0 Å². The summed E-state index contributed by atoms with van der Waals surface area (Å²) in [5.41, 5.74) is 6.29. The Morgan fingerprint density at radius 3 is 1.96 bits per heavy atom. The van der Waals surface area contributed by atoms with Crippen LogP contribution in [-0.4, -0.2) is 10.4 Å². The molecule has 1 heterocycles. The van der Waals surface area contributed by atoms with Crippen molar-refractivity contribution in [2.45, 2.75) is 26.2 Å². The molecular weight excluding hydrogens is 332 g/mol. The lowest BCUT2D eigenvalue weighted by Crippen LogP contribution is -2.13. The van der Waals surface area contributed by atoms with Crippen LogP contribution in [0.3, 0.4) is 0 Å². The van der Waals surface area contributed by atoms with Crippen molar-refractivity contribution >= 4 is 0 Å². The lowest BCUT2D eigenvalue weighted by Gasteiger charge is -2.24. The molecule has 4 aromatic rings. The minimum atomic E-state index is -0.0486. The van der Waals surface area contributed by atoms with E-state index in [4.69, 9.17) is 4.52 Å². The Bertz CT molecular complexity index is 1040. The quantitative estimate of drug-likeness (QED) is 0.429. The number of benzene rings is 3. The molecule has 3 heteroatoms. The van der Waals surface area contributed by atoms with Crippen molar-refractivity contribution in [1.29, 1.82) is 0 Å². The van der Waals surface area contributed by atoms with Crippen LogP contribution in [0.2, 0.25) is 0 Å². The van der Waals surface area contributed by atoms with Gasteiger partial charge in [0.15, 0.2) is 5.76 Å². The van der Waals surface area contributed by atoms with Crippen LogP contribution in [0.4, 0.5) is 0 Å². The number of rotatable bonds is 3. The molecule has 3 aromatic carbocycles. The Hall–Kier alpha value is -3.20. The first-order chi connectivity index (χ1) is 13.1. The summed E-state index contributed by atoms with van der Waals surface area (Å²) in [6.45, 7) is 6.66. The molecule has 1 aromatic heterocycles. The summed E-state index contributed by atoms with van der Waals surface area (Å²) in [6, 6.07) is 26.9. The molecule has 0 saturated carbocycles. The zero-order valence-corrected chi connectivity index (χ0v) is 15.8. The third-order valence-electron chi connectivity index (χ3n) is 4.72. The Balaban J connectivity index is 2.02. The van der Waals surface area contributed by atoms with Gasteiger partial charge in [-0.1, -0.05) is 99.6 Å². The third kappa shape index (κ3) is 3.28. The Morgan fingerprint density at radius 1 is 0.704 bits per heavy atom. The maximum absolute atomic E-state index is 5.60. The van der Waals surface area contributed by atoms with Crippen LogP contribution in [0.5, 0.6) is 0 Å². The highest BCUT2D eigenvalue weighted by molar-refractivity contribution is 5.89. The summed E-state index contributed by atoms with van der Waals surface area (Å²) in [4.78, 5) is 0. The van der Waals surface area contributed by atoms with E-state index in [1.54, 1.807) is 0 Å². The molecule has 4 rings (SSSR count). The second-order valence-electron chi connectivity index (χ2n) is 7.66.